The second kappa shape index (κ2) is 7.64. The number of piperidine rings is 1. The predicted octanol–water partition coefficient (Wildman–Crippen LogP) is 3.79. The van der Waals surface area contributed by atoms with Crippen molar-refractivity contribution in [2.45, 2.75) is 40.0 Å². The molecule has 0 N–H and O–H groups in total. The Bertz CT molecular complexity index is 775. The van der Waals surface area contributed by atoms with Crippen LogP contribution in [-0.4, -0.2) is 34.0 Å². The highest BCUT2D eigenvalue weighted by atomic mass is 16.5. The molecule has 0 saturated carbocycles. The molecule has 1 aromatic carbocycles. The second-order valence-electron chi connectivity index (χ2n) is 7.04. The number of aryl methyl sites for hydroxylation is 1. The summed E-state index contributed by atoms with van der Waals surface area (Å²) in [5.41, 5.74) is 3.17. The highest BCUT2D eigenvalue weighted by Crippen LogP contribution is 2.24. The van der Waals surface area contributed by atoms with Gasteiger partial charge in [0.25, 0.3) is 0 Å². The van der Waals surface area contributed by atoms with Crippen molar-refractivity contribution < 1.29 is 9.32 Å². The van der Waals surface area contributed by atoms with Crippen molar-refractivity contribution in [2.24, 2.45) is 5.92 Å². The number of nitrogens with zero attached hydrogens (tertiary/aromatic N) is 3. The Hall–Kier alpha value is -2.43. The van der Waals surface area contributed by atoms with Crippen LogP contribution in [0.5, 0.6) is 0 Å². The first kappa shape index (κ1) is 17.4. The molecular formula is C20H25N3O2. The van der Waals surface area contributed by atoms with Crippen LogP contribution in [0.4, 0.5) is 0 Å². The van der Waals surface area contributed by atoms with Gasteiger partial charge in [-0.3, -0.25) is 4.79 Å². The predicted molar refractivity (Wildman–Crippen MR) is 96.9 cm³/mol. The lowest BCUT2D eigenvalue weighted by molar-refractivity contribution is -0.127. The van der Waals surface area contributed by atoms with Crippen molar-refractivity contribution in [1.29, 1.82) is 0 Å². The molecule has 0 unspecified atom stereocenters. The number of likely N-dealkylation sites (tertiary alicyclic amines) is 1. The van der Waals surface area contributed by atoms with E-state index < -0.39 is 0 Å². The van der Waals surface area contributed by atoms with Gasteiger partial charge in [-0.15, -0.1) is 0 Å². The summed E-state index contributed by atoms with van der Waals surface area (Å²) in [5, 5.41) is 4.13. The van der Waals surface area contributed by atoms with Gasteiger partial charge >= 0.3 is 0 Å². The topological polar surface area (TPSA) is 59.2 Å². The van der Waals surface area contributed by atoms with E-state index in [4.69, 9.17) is 4.52 Å². The fourth-order valence-electron chi connectivity index (χ4n) is 3.29. The molecule has 0 bridgehead atoms. The van der Waals surface area contributed by atoms with Crippen LogP contribution < -0.4 is 0 Å². The quantitative estimate of drug-likeness (QED) is 0.795. The van der Waals surface area contributed by atoms with Gasteiger partial charge in [-0.1, -0.05) is 35.0 Å². The summed E-state index contributed by atoms with van der Waals surface area (Å²) in [6, 6.07) is 8.02. The minimum absolute atomic E-state index is 0.107. The first-order valence-electron chi connectivity index (χ1n) is 8.85. The van der Waals surface area contributed by atoms with Crippen molar-refractivity contribution in [3.8, 4) is 11.4 Å². The maximum absolute atomic E-state index is 12.2. The van der Waals surface area contributed by atoms with E-state index in [1.54, 1.807) is 6.08 Å². The van der Waals surface area contributed by atoms with E-state index in [-0.39, 0.29) is 5.91 Å². The van der Waals surface area contributed by atoms with Crippen LogP contribution in [0.2, 0.25) is 0 Å². The van der Waals surface area contributed by atoms with Crippen LogP contribution >= 0.6 is 0 Å². The number of benzene rings is 1. The van der Waals surface area contributed by atoms with Gasteiger partial charge in [0.05, 0.1) is 0 Å². The lowest BCUT2D eigenvalue weighted by Gasteiger charge is -2.31. The highest BCUT2D eigenvalue weighted by molar-refractivity contribution is 5.88. The number of aromatic nitrogens is 2. The molecule has 1 amide bonds. The van der Waals surface area contributed by atoms with Crippen LogP contribution in [0.25, 0.3) is 11.4 Å². The number of allylic oxidation sites excluding steroid dienone is 1. The molecule has 2 aromatic rings. The summed E-state index contributed by atoms with van der Waals surface area (Å²) in [4.78, 5) is 18.7. The molecule has 132 valence electrons. The fourth-order valence-corrected chi connectivity index (χ4v) is 3.29. The minimum Gasteiger partial charge on any atom is -0.339 e. The third-order valence-corrected chi connectivity index (χ3v) is 4.56. The molecule has 1 fully saturated rings. The average Bonchev–Trinajstić information content (AvgIpc) is 3.03. The molecule has 5 heteroatoms. The molecule has 1 aromatic heterocycles. The van der Waals surface area contributed by atoms with Crippen molar-refractivity contribution in [3.63, 3.8) is 0 Å². The molecular weight excluding hydrogens is 314 g/mol. The van der Waals surface area contributed by atoms with E-state index in [9.17, 15) is 4.79 Å². The van der Waals surface area contributed by atoms with E-state index in [0.29, 0.717) is 17.6 Å². The second-order valence-corrected chi connectivity index (χ2v) is 7.04. The molecule has 3 rings (SSSR count). The van der Waals surface area contributed by atoms with Gasteiger partial charge in [-0.25, -0.2) is 0 Å². The molecule has 1 aliphatic rings. The Morgan fingerprint density at radius 3 is 2.92 bits per heavy atom. The normalized spacial score (nSPS) is 17.4. The maximum atomic E-state index is 12.2. The Labute approximate surface area is 148 Å². The van der Waals surface area contributed by atoms with Crippen LogP contribution in [0.3, 0.4) is 0 Å². The zero-order valence-corrected chi connectivity index (χ0v) is 15.2. The van der Waals surface area contributed by atoms with E-state index in [0.717, 1.165) is 49.1 Å². The van der Waals surface area contributed by atoms with E-state index in [2.05, 4.69) is 10.1 Å². The molecule has 1 atom stereocenters. The summed E-state index contributed by atoms with van der Waals surface area (Å²) in [7, 11) is 0. The molecule has 0 radical (unpaired) electrons. The van der Waals surface area contributed by atoms with E-state index in [1.165, 1.54) is 0 Å². The van der Waals surface area contributed by atoms with Gasteiger partial charge in [0, 0.05) is 31.1 Å². The fraction of sp³-hybridized carbons (Fsp3) is 0.450. The summed E-state index contributed by atoms with van der Waals surface area (Å²) >= 11 is 0. The number of hydrogen-bond donors (Lipinski definition) is 0. The summed E-state index contributed by atoms with van der Waals surface area (Å²) in [6.45, 7) is 7.52. The lowest BCUT2D eigenvalue weighted by atomic mass is 9.94. The number of amides is 1. The zero-order valence-electron chi connectivity index (χ0n) is 15.2. The van der Waals surface area contributed by atoms with Gasteiger partial charge in [0.2, 0.25) is 17.6 Å². The van der Waals surface area contributed by atoms with Crippen LogP contribution in [-0.2, 0) is 11.2 Å². The van der Waals surface area contributed by atoms with Gasteiger partial charge in [-0.2, -0.15) is 4.98 Å². The van der Waals surface area contributed by atoms with Gasteiger partial charge in [-0.05, 0) is 45.1 Å². The Kier molecular flexibility index (Phi) is 5.31. The van der Waals surface area contributed by atoms with Crippen molar-refractivity contribution >= 4 is 5.91 Å². The smallest absolute Gasteiger partial charge is 0.246 e. The number of hydrogen-bond acceptors (Lipinski definition) is 4. The van der Waals surface area contributed by atoms with Gasteiger partial charge < -0.3 is 9.42 Å². The largest absolute Gasteiger partial charge is 0.339 e. The molecule has 5 nitrogen and oxygen atoms in total. The van der Waals surface area contributed by atoms with Crippen LogP contribution in [0.1, 0.15) is 38.1 Å². The minimum atomic E-state index is 0.107. The zero-order chi connectivity index (χ0) is 17.8. The van der Waals surface area contributed by atoms with E-state index >= 15 is 0 Å². The first-order chi connectivity index (χ1) is 12.0. The number of rotatable bonds is 4. The summed E-state index contributed by atoms with van der Waals surface area (Å²) in [6.07, 6.45) is 4.54. The highest BCUT2D eigenvalue weighted by Gasteiger charge is 2.24. The van der Waals surface area contributed by atoms with Crippen molar-refractivity contribution in [3.05, 3.63) is 47.4 Å². The molecule has 2 heterocycles. The monoisotopic (exact) mass is 339 g/mol. The Balaban J connectivity index is 1.66. The van der Waals surface area contributed by atoms with E-state index in [1.807, 2.05) is 49.9 Å². The molecule has 0 spiro atoms. The standard InChI is InChI=1S/C20H25N3O2/c1-14(2)11-19(24)23-10-6-8-16(13-23)12-18-21-20(22-25-18)17-9-5-4-7-15(17)3/h4-5,7,9,11,16H,6,8,10,12-13H2,1-3H3/t16-/m1/s1. The summed E-state index contributed by atoms with van der Waals surface area (Å²) in [5.74, 6) is 1.77. The van der Waals surface area contributed by atoms with Gasteiger partial charge in [0.1, 0.15) is 0 Å². The van der Waals surface area contributed by atoms with Crippen LogP contribution in [0, 0.1) is 12.8 Å². The average molecular weight is 339 g/mol. The lowest BCUT2D eigenvalue weighted by Crippen LogP contribution is -2.39. The van der Waals surface area contributed by atoms with Crippen LogP contribution in [0.15, 0.2) is 40.4 Å². The summed E-state index contributed by atoms with van der Waals surface area (Å²) < 4.78 is 5.46. The van der Waals surface area contributed by atoms with Crippen molar-refractivity contribution in [2.75, 3.05) is 13.1 Å². The molecule has 1 saturated heterocycles. The van der Waals surface area contributed by atoms with Gasteiger partial charge in [0.15, 0.2) is 0 Å². The number of carbonyl (C=O) groups excluding carboxylic acids is 1. The van der Waals surface area contributed by atoms with Crippen molar-refractivity contribution in [1.82, 2.24) is 15.0 Å². The molecule has 25 heavy (non-hydrogen) atoms. The third kappa shape index (κ3) is 4.35. The first-order valence-corrected chi connectivity index (χ1v) is 8.85. The molecule has 1 aliphatic heterocycles. The SMILES string of the molecule is CC(C)=CC(=O)N1CCC[C@H](Cc2nc(-c3ccccc3C)no2)C1. The Morgan fingerprint density at radius 2 is 2.16 bits per heavy atom. The maximum Gasteiger partial charge on any atom is 0.246 e. The molecule has 0 aliphatic carbocycles. The Morgan fingerprint density at radius 1 is 1.36 bits per heavy atom. The number of carbonyl (C=O) groups is 1. The third-order valence-electron chi connectivity index (χ3n) is 4.56.